The van der Waals surface area contributed by atoms with E-state index in [1.165, 1.54) is 0 Å². The number of carbonyl (C=O) groups is 1. The van der Waals surface area contributed by atoms with Crippen LogP contribution in [-0.4, -0.2) is 55.4 Å². The van der Waals surface area contributed by atoms with E-state index in [-0.39, 0.29) is 12.0 Å². The fraction of sp³-hybridized carbons (Fsp3) is 0.480. The Labute approximate surface area is 183 Å². The molecule has 2 aliphatic rings. The van der Waals surface area contributed by atoms with Gasteiger partial charge in [-0.2, -0.15) is 0 Å². The molecule has 166 valence electrons. The van der Waals surface area contributed by atoms with Crippen LogP contribution < -0.4 is 14.2 Å². The molecule has 1 saturated carbocycles. The minimum absolute atomic E-state index is 0.175. The van der Waals surface area contributed by atoms with Gasteiger partial charge in [0.2, 0.25) is 5.91 Å². The average molecular weight is 426 g/mol. The highest BCUT2D eigenvalue weighted by molar-refractivity contribution is 5.76. The second-order valence-corrected chi connectivity index (χ2v) is 8.52. The number of rotatable bonds is 7. The summed E-state index contributed by atoms with van der Waals surface area (Å²) in [6, 6.07) is 15.4. The number of hydrogen-bond acceptors (Lipinski definition) is 5. The van der Waals surface area contributed by atoms with Crippen molar-refractivity contribution in [3.05, 3.63) is 54.1 Å². The SMILES string of the molecule is COc1cccc(CCC(=O)N2C[C@H]3C[C@@H](Oc4ccccc4OC)[C@H](O)C[C@H]3C2)c1. The van der Waals surface area contributed by atoms with Crippen LogP contribution in [0, 0.1) is 11.8 Å². The second kappa shape index (κ2) is 9.60. The molecular weight excluding hydrogens is 394 g/mol. The summed E-state index contributed by atoms with van der Waals surface area (Å²) in [4.78, 5) is 14.8. The van der Waals surface area contributed by atoms with Crippen LogP contribution in [0.5, 0.6) is 17.2 Å². The first-order valence-electron chi connectivity index (χ1n) is 11.0. The molecule has 6 heteroatoms. The molecule has 2 aromatic rings. The van der Waals surface area contributed by atoms with Crippen LogP contribution in [0.4, 0.5) is 0 Å². The van der Waals surface area contributed by atoms with Gasteiger partial charge >= 0.3 is 0 Å². The first-order valence-corrected chi connectivity index (χ1v) is 11.0. The predicted octanol–water partition coefficient (Wildman–Crippen LogP) is 3.31. The number of methoxy groups -OCH3 is 2. The molecule has 0 bridgehead atoms. The summed E-state index contributed by atoms with van der Waals surface area (Å²) in [5.41, 5.74) is 1.10. The molecule has 1 aliphatic carbocycles. The largest absolute Gasteiger partial charge is 0.497 e. The number of benzene rings is 2. The normalized spacial score (nSPS) is 25.1. The monoisotopic (exact) mass is 425 g/mol. The van der Waals surface area contributed by atoms with Gasteiger partial charge in [-0.15, -0.1) is 0 Å². The van der Waals surface area contributed by atoms with Crippen molar-refractivity contribution >= 4 is 5.91 Å². The van der Waals surface area contributed by atoms with E-state index in [2.05, 4.69) is 0 Å². The quantitative estimate of drug-likeness (QED) is 0.737. The number of ether oxygens (including phenoxy) is 3. The Morgan fingerprint density at radius 2 is 1.74 bits per heavy atom. The van der Waals surface area contributed by atoms with Crippen LogP contribution in [0.2, 0.25) is 0 Å². The lowest BCUT2D eigenvalue weighted by Crippen LogP contribution is -2.42. The third kappa shape index (κ3) is 4.96. The van der Waals surface area contributed by atoms with E-state index >= 15 is 0 Å². The average Bonchev–Trinajstić information content (AvgIpc) is 3.21. The van der Waals surface area contributed by atoms with Crippen LogP contribution in [0.25, 0.3) is 0 Å². The standard InChI is InChI=1S/C25H31NO5/c1-29-20-7-5-6-17(12-20)10-11-25(28)26-15-18-13-21(27)24(14-19(18)16-26)31-23-9-4-3-8-22(23)30-2/h3-9,12,18-19,21,24,27H,10-11,13-16H2,1-2H3/t18-,19+,21+,24+/m0/s1. The van der Waals surface area contributed by atoms with Gasteiger partial charge in [0.15, 0.2) is 11.5 Å². The number of para-hydroxylation sites is 2. The van der Waals surface area contributed by atoms with Gasteiger partial charge in [0, 0.05) is 19.5 Å². The Bertz CT molecular complexity index is 901. The van der Waals surface area contributed by atoms with Crippen LogP contribution in [0.1, 0.15) is 24.8 Å². The van der Waals surface area contributed by atoms with Crippen LogP contribution in [0.3, 0.4) is 0 Å². The number of amides is 1. The Kier molecular flexibility index (Phi) is 6.66. The van der Waals surface area contributed by atoms with Gasteiger partial charge in [0.25, 0.3) is 0 Å². The van der Waals surface area contributed by atoms with Gasteiger partial charge in [-0.1, -0.05) is 24.3 Å². The highest BCUT2D eigenvalue weighted by Crippen LogP contribution is 2.39. The topological polar surface area (TPSA) is 68.2 Å². The minimum Gasteiger partial charge on any atom is -0.497 e. The van der Waals surface area contributed by atoms with Gasteiger partial charge in [0.05, 0.1) is 20.3 Å². The van der Waals surface area contributed by atoms with Crippen molar-refractivity contribution < 1.29 is 24.1 Å². The van der Waals surface area contributed by atoms with E-state index in [1.807, 2.05) is 53.4 Å². The molecule has 6 nitrogen and oxygen atoms in total. The summed E-state index contributed by atoms with van der Waals surface area (Å²) in [6.07, 6.45) is 1.75. The fourth-order valence-corrected chi connectivity index (χ4v) is 4.84. The van der Waals surface area contributed by atoms with Crippen molar-refractivity contribution in [3.8, 4) is 17.2 Å². The highest BCUT2D eigenvalue weighted by atomic mass is 16.5. The highest BCUT2D eigenvalue weighted by Gasteiger charge is 2.43. The molecule has 0 spiro atoms. The molecule has 2 fully saturated rings. The smallest absolute Gasteiger partial charge is 0.222 e. The lowest BCUT2D eigenvalue weighted by Gasteiger charge is -2.35. The number of fused-ring (bicyclic) bond motifs is 1. The Balaban J connectivity index is 1.33. The number of carbonyl (C=O) groups excluding carboxylic acids is 1. The molecule has 0 aromatic heterocycles. The summed E-state index contributed by atoms with van der Waals surface area (Å²) in [5.74, 6) is 2.98. The molecule has 1 heterocycles. The summed E-state index contributed by atoms with van der Waals surface area (Å²) < 4.78 is 16.8. The van der Waals surface area contributed by atoms with Crippen molar-refractivity contribution in [1.29, 1.82) is 0 Å². The van der Waals surface area contributed by atoms with Crippen molar-refractivity contribution in [2.75, 3.05) is 27.3 Å². The van der Waals surface area contributed by atoms with Gasteiger partial charge in [-0.05, 0) is 60.9 Å². The van der Waals surface area contributed by atoms with E-state index in [4.69, 9.17) is 14.2 Å². The van der Waals surface area contributed by atoms with E-state index in [0.717, 1.165) is 30.8 Å². The van der Waals surface area contributed by atoms with Gasteiger partial charge < -0.3 is 24.2 Å². The van der Waals surface area contributed by atoms with Crippen LogP contribution in [-0.2, 0) is 11.2 Å². The number of aliphatic hydroxyl groups is 1. The van der Waals surface area contributed by atoms with Crippen molar-refractivity contribution in [3.63, 3.8) is 0 Å². The zero-order valence-electron chi connectivity index (χ0n) is 18.2. The summed E-state index contributed by atoms with van der Waals surface area (Å²) in [7, 11) is 3.26. The molecule has 0 unspecified atom stereocenters. The molecule has 1 aliphatic heterocycles. The third-order valence-electron chi connectivity index (χ3n) is 6.55. The predicted molar refractivity (Wildman–Crippen MR) is 118 cm³/mol. The van der Waals surface area contributed by atoms with E-state index in [0.29, 0.717) is 42.6 Å². The van der Waals surface area contributed by atoms with E-state index in [1.54, 1.807) is 14.2 Å². The maximum Gasteiger partial charge on any atom is 0.222 e. The summed E-state index contributed by atoms with van der Waals surface area (Å²) in [5, 5.41) is 10.7. The lowest BCUT2D eigenvalue weighted by molar-refractivity contribution is -0.130. The maximum atomic E-state index is 12.8. The Morgan fingerprint density at radius 3 is 2.48 bits per heavy atom. The molecule has 4 rings (SSSR count). The molecule has 1 saturated heterocycles. The van der Waals surface area contributed by atoms with Crippen molar-refractivity contribution in [2.45, 2.75) is 37.9 Å². The summed E-state index contributed by atoms with van der Waals surface area (Å²) in [6.45, 7) is 1.46. The zero-order valence-corrected chi connectivity index (χ0v) is 18.2. The molecule has 1 N–H and O–H groups in total. The molecule has 0 radical (unpaired) electrons. The van der Waals surface area contributed by atoms with Crippen molar-refractivity contribution in [1.82, 2.24) is 4.90 Å². The second-order valence-electron chi connectivity index (χ2n) is 8.52. The molecule has 2 aromatic carbocycles. The Morgan fingerprint density at radius 1 is 1.00 bits per heavy atom. The maximum absolute atomic E-state index is 12.8. The third-order valence-corrected chi connectivity index (χ3v) is 6.55. The minimum atomic E-state index is -0.544. The van der Waals surface area contributed by atoms with Crippen molar-refractivity contribution in [2.24, 2.45) is 11.8 Å². The first kappa shape index (κ1) is 21.5. The van der Waals surface area contributed by atoms with Gasteiger partial charge in [-0.3, -0.25) is 4.79 Å². The molecular formula is C25H31NO5. The fourth-order valence-electron chi connectivity index (χ4n) is 4.84. The van der Waals surface area contributed by atoms with Gasteiger partial charge in [0.1, 0.15) is 11.9 Å². The van der Waals surface area contributed by atoms with Crippen LogP contribution in [0.15, 0.2) is 48.5 Å². The van der Waals surface area contributed by atoms with Crippen LogP contribution >= 0.6 is 0 Å². The first-order chi connectivity index (χ1) is 15.1. The number of hydrogen-bond donors (Lipinski definition) is 1. The number of aryl methyl sites for hydroxylation is 1. The Hall–Kier alpha value is -2.73. The zero-order chi connectivity index (χ0) is 21.8. The molecule has 31 heavy (non-hydrogen) atoms. The number of nitrogens with zero attached hydrogens (tertiary/aromatic N) is 1. The van der Waals surface area contributed by atoms with Gasteiger partial charge in [-0.25, -0.2) is 0 Å². The summed E-state index contributed by atoms with van der Waals surface area (Å²) >= 11 is 0. The molecule has 4 atom stereocenters. The molecule has 1 amide bonds. The van der Waals surface area contributed by atoms with E-state index in [9.17, 15) is 9.90 Å². The number of aliphatic hydroxyl groups excluding tert-OH is 1. The number of likely N-dealkylation sites (tertiary alicyclic amines) is 1. The lowest BCUT2D eigenvalue weighted by atomic mass is 9.78. The van der Waals surface area contributed by atoms with E-state index < -0.39 is 6.10 Å².